The molecule has 0 saturated carbocycles. The standard InChI is InChI=1S/C18H18F4N2O2/c19-15-5-1-13(2-6-15)9-10-23-17(25)24-11-14-3-7-16(8-4-14)26-12-18(20,21)22/h1-8H,9-12H2,(H2,23,24,25). The van der Waals surface area contributed by atoms with Crippen molar-refractivity contribution < 1.29 is 27.1 Å². The number of halogens is 4. The van der Waals surface area contributed by atoms with Crippen molar-refractivity contribution >= 4 is 6.03 Å². The quantitative estimate of drug-likeness (QED) is 0.729. The fourth-order valence-electron chi connectivity index (χ4n) is 2.08. The van der Waals surface area contributed by atoms with Gasteiger partial charge < -0.3 is 15.4 Å². The van der Waals surface area contributed by atoms with Crippen molar-refractivity contribution in [1.82, 2.24) is 10.6 Å². The Balaban J connectivity index is 1.67. The minimum absolute atomic E-state index is 0.106. The van der Waals surface area contributed by atoms with Gasteiger partial charge in [-0.05, 0) is 41.8 Å². The number of benzene rings is 2. The molecule has 0 heterocycles. The van der Waals surface area contributed by atoms with Gasteiger partial charge >= 0.3 is 12.2 Å². The van der Waals surface area contributed by atoms with Gasteiger partial charge in [-0.3, -0.25) is 0 Å². The van der Waals surface area contributed by atoms with Gasteiger partial charge in [0.05, 0.1) is 0 Å². The van der Waals surface area contributed by atoms with E-state index in [0.29, 0.717) is 13.0 Å². The maximum atomic E-state index is 12.8. The van der Waals surface area contributed by atoms with Gasteiger partial charge in [0, 0.05) is 13.1 Å². The molecule has 2 aromatic rings. The topological polar surface area (TPSA) is 50.4 Å². The fraction of sp³-hybridized carbons (Fsp3) is 0.278. The van der Waals surface area contributed by atoms with E-state index < -0.39 is 12.8 Å². The summed E-state index contributed by atoms with van der Waals surface area (Å²) in [4.78, 5) is 11.7. The highest BCUT2D eigenvalue weighted by Gasteiger charge is 2.28. The summed E-state index contributed by atoms with van der Waals surface area (Å²) in [6.07, 6.45) is -3.81. The minimum Gasteiger partial charge on any atom is -0.484 e. The first kappa shape index (κ1) is 19.6. The van der Waals surface area contributed by atoms with Gasteiger partial charge in [-0.1, -0.05) is 24.3 Å². The van der Waals surface area contributed by atoms with E-state index in [1.54, 1.807) is 24.3 Å². The van der Waals surface area contributed by atoms with E-state index in [-0.39, 0.29) is 24.1 Å². The Morgan fingerprint density at radius 2 is 1.54 bits per heavy atom. The van der Waals surface area contributed by atoms with Crippen LogP contribution in [0.5, 0.6) is 5.75 Å². The summed E-state index contributed by atoms with van der Waals surface area (Å²) in [5.41, 5.74) is 1.62. The highest BCUT2D eigenvalue weighted by atomic mass is 19.4. The number of hydrogen-bond acceptors (Lipinski definition) is 2. The number of rotatable bonds is 7. The van der Waals surface area contributed by atoms with Gasteiger partial charge in [0.15, 0.2) is 6.61 Å². The molecule has 140 valence electrons. The number of amides is 2. The van der Waals surface area contributed by atoms with Crippen molar-refractivity contribution in [3.8, 4) is 5.75 Å². The number of alkyl halides is 3. The molecule has 0 aliphatic heterocycles. The first-order valence-electron chi connectivity index (χ1n) is 7.86. The SMILES string of the molecule is O=C(NCCc1ccc(F)cc1)NCc1ccc(OCC(F)(F)F)cc1. The van der Waals surface area contributed by atoms with E-state index in [2.05, 4.69) is 15.4 Å². The Hall–Kier alpha value is -2.77. The first-order valence-corrected chi connectivity index (χ1v) is 7.86. The van der Waals surface area contributed by atoms with Crippen LogP contribution in [-0.2, 0) is 13.0 Å². The summed E-state index contributed by atoms with van der Waals surface area (Å²) in [6.45, 7) is -0.731. The molecule has 0 spiro atoms. The van der Waals surface area contributed by atoms with Gasteiger partial charge in [0.2, 0.25) is 0 Å². The smallest absolute Gasteiger partial charge is 0.422 e. The van der Waals surface area contributed by atoms with E-state index in [1.165, 1.54) is 24.3 Å². The summed E-state index contributed by atoms with van der Waals surface area (Å²) in [7, 11) is 0. The molecule has 0 bridgehead atoms. The zero-order valence-electron chi connectivity index (χ0n) is 13.8. The summed E-state index contributed by atoms with van der Waals surface area (Å²) < 4.78 is 53.6. The number of ether oxygens (including phenoxy) is 1. The van der Waals surface area contributed by atoms with Gasteiger partial charge in [-0.15, -0.1) is 0 Å². The lowest BCUT2D eigenvalue weighted by Crippen LogP contribution is -2.36. The van der Waals surface area contributed by atoms with Crippen LogP contribution in [0.25, 0.3) is 0 Å². The lowest BCUT2D eigenvalue weighted by atomic mass is 10.1. The van der Waals surface area contributed by atoms with E-state index >= 15 is 0 Å². The predicted molar refractivity (Wildman–Crippen MR) is 88.3 cm³/mol. The third-order valence-electron chi connectivity index (χ3n) is 3.39. The van der Waals surface area contributed by atoms with Crippen LogP contribution in [-0.4, -0.2) is 25.4 Å². The van der Waals surface area contributed by atoms with Crippen LogP contribution >= 0.6 is 0 Å². The van der Waals surface area contributed by atoms with Crippen LogP contribution in [0.2, 0.25) is 0 Å². The molecule has 0 aliphatic carbocycles. The third kappa shape index (κ3) is 7.42. The number of carbonyl (C=O) groups is 1. The van der Waals surface area contributed by atoms with Gasteiger partial charge in [-0.2, -0.15) is 13.2 Å². The van der Waals surface area contributed by atoms with Crippen molar-refractivity contribution in [1.29, 1.82) is 0 Å². The maximum absolute atomic E-state index is 12.8. The number of hydrogen-bond donors (Lipinski definition) is 2. The monoisotopic (exact) mass is 370 g/mol. The first-order chi connectivity index (χ1) is 12.3. The average molecular weight is 370 g/mol. The van der Waals surface area contributed by atoms with Gasteiger partial charge in [0.1, 0.15) is 11.6 Å². The van der Waals surface area contributed by atoms with Crippen molar-refractivity contribution in [3.63, 3.8) is 0 Å². The highest BCUT2D eigenvalue weighted by Crippen LogP contribution is 2.18. The van der Waals surface area contributed by atoms with E-state index in [4.69, 9.17) is 0 Å². The van der Waals surface area contributed by atoms with Crippen LogP contribution in [0.4, 0.5) is 22.4 Å². The van der Waals surface area contributed by atoms with Crippen LogP contribution in [0.1, 0.15) is 11.1 Å². The number of carbonyl (C=O) groups excluding carboxylic acids is 1. The normalized spacial score (nSPS) is 11.1. The minimum atomic E-state index is -4.38. The fourth-order valence-corrected chi connectivity index (χ4v) is 2.08. The Bertz CT molecular complexity index is 701. The lowest BCUT2D eigenvalue weighted by Gasteiger charge is -2.10. The summed E-state index contributed by atoms with van der Waals surface area (Å²) in [5, 5.41) is 5.31. The molecule has 2 amide bonds. The average Bonchev–Trinajstić information content (AvgIpc) is 2.60. The van der Waals surface area contributed by atoms with E-state index in [1.807, 2.05) is 0 Å². The molecular formula is C18H18F4N2O2. The van der Waals surface area contributed by atoms with Crippen LogP contribution in [0, 0.1) is 5.82 Å². The molecule has 0 aromatic heterocycles. The second kappa shape index (κ2) is 9.07. The Morgan fingerprint density at radius 1 is 0.923 bits per heavy atom. The molecule has 0 atom stereocenters. The second-order valence-electron chi connectivity index (χ2n) is 5.53. The van der Waals surface area contributed by atoms with Crippen LogP contribution in [0.3, 0.4) is 0 Å². The second-order valence-corrected chi connectivity index (χ2v) is 5.53. The zero-order valence-corrected chi connectivity index (χ0v) is 13.8. The molecule has 0 radical (unpaired) electrons. The van der Waals surface area contributed by atoms with Crippen LogP contribution in [0.15, 0.2) is 48.5 Å². The molecule has 2 aromatic carbocycles. The lowest BCUT2D eigenvalue weighted by molar-refractivity contribution is -0.153. The zero-order chi connectivity index (χ0) is 19.0. The summed E-state index contributed by atoms with van der Waals surface area (Å²) in [6, 6.07) is 11.6. The highest BCUT2D eigenvalue weighted by molar-refractivity contribution is 5.73. The van der Waals surface area contributed by atoms with Crippen molar-refractivity contribution in [3.05, 3.63) is 65.5 Å². The molecule has 4 nitrogen and oxygen atoms in total. The van der Waals surface area contributed by atoms with Crippen molar-refractivity contribution in [2.24, 2.45) is 0 Å². The Morgan fingerprint density at radius 3 is 2.15 bits per heavy atom. The number of urea groups is 1. The summed E-state index contributed by atoms with van der Waals surface area (Å²) >= 11 is 0. The van der Waals surface area contributed by atoms with E-state index in [0.717, 1.165) is 11.1 Å². The molecule has 0 saturated heterocycles. The molecule has 0 aliphatic rings. The molecule has 0 fully saturated rings. The maximum Gasteiger partial charge on any atom is 0.422 e. The van der Waals surface area contributed by atoms with Crippen molar-refractivity contribution in [2.75, 3.05) is 13.2 Å². The Labute approximate surface area is 148 Å². The third-order valence-corrected chi connectivity index (χ3v) is 3.39. The van der Waals surface area contributed by atoms with Crippen LogP contribution < -0.4 is 15.4 Å². The molecule has 26 heavy (non-hydrogen) atoms. The van der Waals surface area contributed by atoms with Gasteiger partial charge in [-0.25, -0.2) is 9.18 Å². The summed E-state index contributed by atoms with van der Waals surface area (Å²) in [5.74, 6) is -0.205. The van der Waals surface area contributed by atoms with Gasteiger partial charge in [0.25, 0.3) is 0 Å². The van der Waals surface area contributed by atoms with E-state index in [9.17, 15) is 22.4 Å². The van der Waals surface area contributed by atoms with Crippen molar-refractivity contribution in [2.45, 2.75) is 19.1 Å². The molecular weight excluding hydrogens is 352 g/mol. The predicted octanol–water partition coefficient (Wildman–Crippen LogP) is 3.81. The largest absolute Gasteiger partial charge is 0.484 e. The number of nitrogens with one attached hydrogen (secondary N) is 2. The molecule has 8 heteroatoms. The molecule has 0 unspecified atom stereocenters. The molecule has 2 rings (SSSR count). The Kier molecular flexibility index (Phi) is 6.82. The molecule has 2 N–H and O–H groups in total.